The predicted molar refractivity (Wildman–Crippen MR) is 129 cm³/mol. The maximum absolute atomic E-state index is 13.0. The van der Waals surface area contributed by atoms with Crippen LogP contribution in [0.2, 0.25) is 10.0 Å². The van der Waals surface area contributed by atoms with E-state index in [1.165, 1.54) is 10.8 Å². The number of anilines is 2. The second kappa shape index (κ2) is 10.4. The minimum absolute atomic E-state index is 0.0191. The molecule has 0 atom stereocenters. The van der Waals surface area contributed by atoms with Crippen LogP contribution in [0.5, 0.6) is 5.88 Å². The van der Waals surface area contributed by atoms with E-state index in [0.717, 1.165) is 16.4 Å². The summed E-state index contributed by atoms with van der Waals surface area (Å²) in [6, 6.07) is 8.91. The number of aryl methyl sites for hydroxylation is 1. The van der Waals surface area contributed by atoms with E-state index in [1.54, 1.807) is 25.1 Å². The fraction of sp³-hybridized carbons (Fsp3) is 0.348. The zero-order valence-corrected chi connectivity index (χ0v) is 19.9. The molecule has 0 unspecified atom stereocenters. The molecule has 0 spiro atoms. The molecule has 1 N–H and O–H groups in total. The lowest BCUT2D eigenvalue weighted by Crippen LogP contribution is -2.42. The van der Waals surface area contributed by atoms with Crippen LogP contribution in [0.25, 0.3) is 0 Å². The lowest BCUT2D eigenvalue weighted by molar-refractivity contribution is -0.116. The maximum atomic E-state index is 13.0. The summed E-state index contributed by atoms with van der Waals surface area (Å²) in [5.74, 6) is 0.370. The van der Waals surface area contributed by atoms with Gasteiger partial charge in [0.25, 0.3) is 0 Å². The van der Waals surface area contributed by atoms with Crippen LogP contribution in [0.1, 0.15) is 25.3 Å². The molecule has 0 amide bonds. The van der Waals surface area contributed by atoms with E-state index >= 15 is 0 Å². The van der Waals surface area contributed by atoms with Crippen LogP contribution in [0.4, 0.5) is 11.6 Å². The average Bonchev–Trinajstić information content (AvgIpc) is 2.78. The normalized spacial score (nSPS) is 17.1. The van der Waals surface area contributed by atoms with Crippen molar-refractivity contribution in [3.05, 3.63) is 73.1 Å². The van der Waals surface area contributed by atoms with Crippen LogP contribution < -0.4 is 21.4 Å². The van der Waals surface area contributed by atoms with Gasteiger partial charge in [-0.1, -0.05) is 35.3 Å². The molecule has 1 fully saturated rings. The molecule has 0 bridgehead atoms. The van der Waals surface area contributed by atoms with E-state index < -0.39 is 11.4 Å². The number of ether oxygens (including phenoxy) is 1. The van der Waals surface area contributed by atoms with Crippen molar-refractivity contribution in [3.8, 4) is 5.88 Å². The largest absolute Gasteiger partial charge is 0.473 e. The second-order valence-electron chi connectivity index (χ2n) is 8.02. The summed E-state index contributed by atoms with van der Waals surface area (Å²) in [6.07, 6.45) is 4.12. The van der Waals surface area contributed by atoms with Gasteiger partial charge in [0.15, 0.2) is 0 Å². The van der Waals surface area contributed by atoms with E-state index in [4.69, 9.17) is 27.9 Å². The van der Waals surface area contributed by atoms with Crippen LogP contribution in [0.15, 0.2) is 46.1 Å². The number of hydrogen-bond donors (Lipinski definition) is 1. The summed E-state index contributed by atoms with van der Waals surface area (Å²) < 4.78 is 8.22. The standard InChI is InChI=1S/C23H23Cl2N5O4/c1-2-29-22(32)28-21(30(23(29)33)8-7-14-3-5-16(24)6-4-14)27-17-11-19(25)20(26-12-17)34-18-9-15(10-18)13-31/h3-6,11-13,15,18H,2,7-10H2,1H3,(H,27,28,32). The van der Waals surface area contributed by atoms with Gasteiger partial charge in [0.2, 0.25) is 11.8 Å². The highest BCUT2D eigenvalue weighted by Gasteiger charge is 2.31. The van der Waals surface area contributed by atoms with Gasteiger partial charge < -0.3 is 14.8 Å². The topological polar surface area (TPSA) is 108 Å². The second-order valence-corrected chi connectivity index (χ2v) is 8.86. The molecule has 2 heterocycles. The van der Waals surface area contributed by atoms with E-state index in [0.29, 0.717) is 30.0 Å². The van der Waals surface area contributed by atoms with Gasteiger partial charge in [0, 0.05) is 24.0 Å². The number of aromatic nitrogens is 4. The summed E-state index contributed by atoms with van der Waals surface area (Å²) in [5, 5.41) is 3.87. The van der Waals surface area contributed by atoms with Crippen molar-refractivity contribution in [1.29, 1.82) is 0 Å². The van der Waals surface area contributed by atoms with Gasteiger partial charge in [-0.2, -0.15) is 4.98 Å². The third kappa shape index (κ3) is 5.31. The van der Waals surface area contributed by atoms with Crippen LogP contribution in [-0.4, -0.2) is 31.5 Å². The van der Waals surface area contributed by atoms with Crippen LogP contribution in [0.3, 0.4) is 0 Å². The van der Waals surface area contributed by atoms with Crippen molar-refractivity contribution in [2.24, 2.45) is 5.92 Å². The van der Waals surface area contributed by atoms with E-state index in [2.05, 4.69) is 15.3 Å². The molecule has 0 aliphatic heterocycles. The summed E-state index contributed by atoms with van der Waals surface area (Å²) in [5.41, 5.74) is 0.312. The van der Waals surface area contributed by atoms with Crippen molar-refractivity contribution in [2.45, 2.75) is 45.4 Å². The minimum atomic E-state index is -0.647. The first-order valence-electron chi connectivity index (χ1n) is 10.9. The highest BCUT2D eigenvalue weighted by atomic mass is 35.5. The number of nitrogens with one attached hydrogen (secondary N) is 1. The number of rotatable bonds is 9. The molecule has 1 saturated carbocycles. The monoisotopic (exact) mass is 503 g/mol. The van der Waals surface area contributed by atoms with Gasteiger partial charge in [-0.25, -0.2) is 19.1 Å². The first-order valence-corrected chi connectivity index (χ1v) is 11.6. The Morgan fingerprint density at radius 3 is 2.56 bits per heavy atom. The maximum Gasteiger partial charge on any atom is 0.354 e. The molecule has 2 aromatic heterocycles. The Labute approximate surface area is 205 Å². The van der Waals surface area contributed by atoms with Crippen molar-refractivity contribution < 1.29 is 9.53 Å². The van der Waals surface area contributed by atoms with Gasteiger partial charge in [0.1, 0.15) is 17.4 Å². The summed E-state index contributed by atoms with van der Waals surface area (Å²) in [4.78, 5) is 44.4. The zero-order valence-electron chi connectivity index (χ0n) is 18.4. The Morgan fingerprint density at radius 2 is 1.91 bits per heavy atom. The first kappa shape index (κ1) is 24.0. The predicted octanol–water partition coefficient (Wildman–Crippen LogP) is 3.47. The van der Waals surface area contributed by atoms with Gasteiger partial charge in [0.05, 0.1) is 11.9 Å². The van der Waals surface area contributed by atoms with Gasteiger partial charge in [-0.3, -0.25) is 4.57 Å². The highest BCUT2D eigenvalue weighted by molar-refractivity contribution is 6.32. The number of pyridine rings is 1. The molecule has 4 rings (SSSR count). The molecule has 11 heteroatoms. The molecule has 1 aliphatic carbocycles. The molecular formula is C23H23Cl2N5O4. The zero-order chi connectivity index (χ0) is 24.2. The van der Waals surface area contributed by atoms with Crippen LogP contribution in [-0.2, 0) is 24.3 Å². The molecule has 3 aromatic rings. The van der Waals surface area contributed by atoms with Gasteiger partial charge >= 0.3 is 11.4 Å². The van der Waals surface area contributed by atoms with E-state index in [-0.39, 0.29) is 42.0 Å². The third-order valence-corrected chi connectivity index (χ3v) is 6.19. The smallest absolute Gasteiger partial charge is 0.354 e. The molecule has 9 nitrogen and oxygen atoms in total. The SMILES string of the molecule is CCn1c(=O)nc(Nc2cnc(OC3CC(C=O)C3)c(Cl)c2)n(CCc2ccc(Cl)cc2)c1=O. The summed E-state index contributed by atoms with van der Waals surface area (Å²) in [6.45, 7) is 2.21. The quantitative estimate of drug-likeness (QED) is 0.445. The first-order chi connectivity index (χ1) is 16.4. The van der Waals surface area contributed by atoms with Crippen molar-refractivity contribution in [3.63, 3.8) is 0 Å². The van der Waals surface area contributed by atoms with Crippen LogP contribution in [0, 0.1) is 5.92 Å². The minimum Gasteiger partial charge on any atom is -0.473 e. The Kier molecular flexibility index (Phi) is 7.33. The Balaban J connectivity index is 1.56. The lowest BCUT2D eigenvalue weighted by Gasteiger charge is -2.31. The summed E-state index contributed by atoms with van der Waals surface area (Å²) in [7, 11) is 0. The third-order valence-electron chi connectivity index (χ3n) is 5.67. The number of benzene rings is 1. The molecule has 1 aliphatic rings. The fourth-order valence-electron chi connectivity index (χ4n) is 3.67. The number of halogens is 2. The Morgan fingerprint density at radius 1 is 1.18 bits per heavy atom. The number of nitrogens with zero attached hydrogens (tertiary/aromatic N) is 4. The summed E-state index contributed by atoms with van der Waals surface area (Å²) >= 11 is 12.3. The van der Waals surface area contributed by atoms with Gasteiger partial charge in [-0.15, -0.1) is 0 Å². The molecule has 1 aromatic carbocycles. The van der Waals surface area contributed by atoms with E-state index in [1.807, 2.05) is 12.1 Å². The number of carbonyl (C=O) groups is 1. The number of carbonyl (C=O) groups excluding carboxylic acids is 1. The molecular weight excluding hydrogens is 481 g/mol. The van der Waals surface area contributed by atoms with Crippen LogP contribution >= 0.6 is 23.2 Å². The molecule has 0 saturated heterocycles. The lowest BCUT2D eigenvalue weighted by atomic mass is 9.83. The Bertz CT molecular complexity index is 1300. The molecule has 34 heavy (non-hydrogen) atoms. The molecule has 0 radical (unpaired) electrons. The average molecular weight is 504 g/mol. The number of aldehydes is 1. The van der Waals surface area contributed by atoms with Gasteiger partial charge in [-0.05, 0) is 49.9 Å². The molecule has 178 valence electrons. The van der Waals surface area contributed by atoms with Crippen molar-refractivity contribution in [1.82, 2.24) is 19.1 Å². The fourth-order valence-corrected chi connectivity index (χ4v) is 4.01. The van der Waals surface area contributed by atoms with E-state index in [9.17, 15) is 14.4 Å². The van der Waals surface area contributed by atoms with Crippen molar-refractivity contribution in [2.75, 3.05) is 5.32 Å². The Hall–Kier alpha value is -3.17. The highest BCUT2D eigenvalue weighted by Crippen LogP contribution is 2.33. The number of hydrogen-bond acceptors (Lipinski definition) is 7. The van der Waals surface area contributed by atoms with Crippen molar-refractivity contribution >= 4 is 41.1 Å².